The zero-order valence-electron chi connectivity index (χ0n) is 10.8. The summed E-state index contributed by atoms with van der Waals surface area (Å²) in [5.74, 6) is 5.65. The van der Waals surface area contributed by atoms with Gasteiger partial charge in [0.25, 0.3) is 0 Å². The molecule has 0 aliphatic rings. The molecule has 2 aromatic rings. The minimum Gasteiger partial charge on any atom is -0.271 e. The van der Waals surface area contributed by atoms with E-state index in [9.17, 15) is 0 Å². The number of rotatable bonds is 4. The number of hydrogen-bond acceptors (Lipinski definition) is 3. The summed E-state index contributed by atoms with van der Waals surface area (Å²) < 4.78 is 1.82. The largest absolute Gasteiger partial charge is 0.271 e. The van der Waals surface area contributed by atoms with Crippen molar-refractivity contribution in [3.63, 3.8) is 0 Å². The van der Waals surface area contributed by atoms with E-state index in [1.165, 1.54) is 0 Å². The van der Waals surface area contributed by atoms with Gasteiger partial charge in [-0.15, -0.1) is 0 Å². The third-order valence-electron chi connectivity index (χ3n) is 3.05. The lowest BCUT2D eigenvalue weighted by atomic mass is 10.0. The van der Waals surface area contributed by atoms with Gasteiger partial charge in [-0.25, -0.2) is 0 Å². The lowest BCUT2D eigenvalue weighted by Gasteiger charge is -2.17. The highest BCUT2D eigenvalue weighted by molar-refractivity contribution is 6.42. The summed E-state index contributed by atoms with van der Waals surface area (Å²) in [6.07, 6.45) is 0.648. The minimum atomic E-state index is -0.0674. The van der Waals surface area contributed by atoms with E-state index in [2.05, 4.69) is 10.5 Å². The zero-order chi connectivity index (χ0) is 14.0. The van der Waals surface area contributed by atoms with Gasteiger partial charge in [-0.05, 0) is 31.0 Å². The summed E-state index contributed by atoms with van der Waals surface area (Å²) in [6, 6.07) is 7.53. The molecule has 102 valence electrons. The summed E-state index contributed by atoms with van der Waals surface area (Å²) in [7, 11) is 1.90. The van der Waals surface area contributed by atoms with Gasteiger partial charge in [0.15, 0.2) is 0 Å². The number of halogens is 2. The van der Waals surface area contributed by atoms with Gasteiger partial charge in [0.1, 0.15) is 0 Å². The molecule has 0 saturated heterocycles. The van der Waals surface area contributed by atoms with Crippen LogP contribution in [0.15, 0.2) is 24.3 Å². The van der Waals surface area contributed by atoms with E-state index in [0.717, 1.165) is 17.0 Å². The highest BCUT2D eigenvalue weighted by Gasteiger charge is 2.17. The fourth-order valence-corrected chi connectivity index (χ4v) is 2.53. The number of benzene rings is 1. The van der Waals surface area contributed by atoms with Crippen LogP contribution in [0.1, 0.15) is 23.0 Å². The number of nitrogens with two attached hydrogens (primary N) is 1. The van der Waals surface area contributed by atoms with Crippen LogP contribution in [-0.2, 0) is 13.5 Å². The molecule has 0 fully saturated rings. The number of nitrogens with zero attached hydrogens (tertiary/aromatic N) is 2. The Labute approximate surface area is 122 Å². The first-order valence-corrected chi connectivity index (χ1v) is 6.68. The van der Waals surface area contributed by atoms with Crippen LogP contribution in [0.25, 0.3) is 0 Å². The Hall–Kier alpha value is -1.07. The van der Waals surface area contributed by atoms with E-state index in [1.54, 1.807) is 6.07 Å². The summed E-state index contributed by atoms with van der Waals surface area (Å²) in [5, 5.41) is 5.45. The van der Waals surface area contributed by atoms with Gasteiger partial charge in [-0.1, -0.05) is 35.3 Å². The van der Waals surface area contributed by atoms with Gasteiger partial charge >= 0.3 is 0 Å². The minimum absolute atomic E-state index is 0.0674. The van der Waals surface area contributed by atoms with E-state index >= 15 is 0 Å². The SMILES string of the molecule is Cc1cc(C(Cc2cccc(Cl)c2Cl)NN)n(C)n1. The predicted octanol–water partition coefficient (Wildman–Crippen LogP) is 2.78. The number of hydrogen-bond donors (Lipinski definition) is 2. The van der Waals surface area contributed by atoms with Gasteiger partial charge in [0, 0.05) is 7.05 Å². The van der Waals surface area contributed by atoms with Crippen LogP contribution in [0.5, 0.6) is 0 Å². The first kappa shape index (κ1) is 14.3. The maximum absolute atomic E-state index is 6.20. The molecule has 0 aliphatic carbocycles. The first-order chi connectivity index (χ1) is 9.02. The summed E-state index contributed by atoms with van der Waals surface area (Å²) in [4.78, 5) is 0. The molecule has 6 heteroatoms. The Morgan fingerprint density at radius 3 is 2.74 bits per heavy atom. The molecule has 3 N–H and O–H groups in total. The molecule has 0 bridgehead atoms. The average Bonchev–Trinajstić information content (AvgIpc) is 2.70. The molecular weight excluding hydrogens is 283 g/mol. The first-order valence-electron chi connectivity index (χ1n) is 5.92. The van der Waals surface area contributed by atoms with Crippen molar-refractivity contribution < 1.29 is 0 Å². The maximum Gasteiger partial charge on any atom is 0.0669 e. The van der Waals surface area contributed by atoms with Crippen molar-refractivity contribution >= 4 is 23.2 Å². The van der Waals surface area contributed by atoms with Crippen LogP contribution in [-0.4, -0.2) is 9.78 Å². The van der Waals surface area contributed by atoms with Crippen LogP contribution in [0.3, 0.4) is 0 Å². The normalized spacial score (nSPS) is 12.7. The third kappa shape index (κ3) is 3.09. The second-order valence-corrected chi connectivity index (χ2v) is 5.26. The molecule has 2 rings (SSSR count). The fraction of sp³-hybridized carbons (Fsp3) is 0.308. The van der Waals surface area contributed by atoms with Crippen molar-refractivity contribution in [3.05, 3.63) is 51.3 Å². The van der Waals surface area contributed by atoms with Crippen molar-refractivity contribution in [2.24, 2.45) is 12.9 Å². The molecular formula is C13H16Cl2N4. The number of nitrogens with one attached hydrogen (secondary N) is 1. The van der Waals surface area contributed by atoms with Crippen molar-refractivity contribution in [2.45, 2.75) is 19.4 Å². The molecule has 1 unspecified atom stereocenters. The number of aryl methyl sites for hydroxylation is 2. The van der Waals surface area contributed by atoms with Gasteiger partial charge in [-0.3, -0.25) is 16.0 Å². The fourth-order valence-electron chi connectivity index (χ4n) is 2.13. The van der Waals surface area contributed by atoms with Crippen LogP contribution < -0.4 is 11.3 Å². The van der Waals surface area contributed by atoms with Crippen LogP contribution in [0, 0.1) is 6.92 Å². The second kappa shape index (κ2) is 5.92. The standard InChI is InChI=1S/C13H16Cl2N4/c1-8-6-12(19(2)18-8)11(17-16)7-9-4-3-5-10(14)13(9)15/h3-6,11,17H,7,16H2,1-2H3. The van der Waals surface area contributed by atoms with E-state index in [1.807, 2.05) is 36.9 Å². The Morgan fingerprint density at radius 2 is 2.16 bits per heavy atom. The highest BCUT2D eigenvalue weighted by atomic mass is 35.5. The van der Waals surface area contributed by atoms with Crippen molar-refractivity contribution in [3.8, 4) is 0 Å². The zero-order valence-corrected chi connectivity index (χ0v) is 12.3. The number of hydrazine groups is 1. The molecule has 0 aliphatic heterocycles. The molecule has 1 atom stereocenters. The van der Waals surface area contributed by atoms with E-state index in [-0.39, 0.29) is 6.04 Å². The van der Waals surface area contributed by atoms with Gasteiger partial charge < -0.3 is 0 Å². The monoisotopic (exact) mass is 298 g/mol. The molecule has 19 heavy (non-hydrogen) atoms. The lowest BCUT2D eigenvalue weighted by molar-refractivity contribution is 0.508. The molecule has 0 amide bonds. The number of aromatic nitrogens is 2. The molecule has 1 aromatic heterocycles. The van der Waals surface area contributed by atoms with Crippen molar-refractivity contribution in [1.29, 1.82) is 0 Å². The Morgan fingerprint density at radius 1 is 1.42 bits per heavy atom. The second-order valence-electron chi connectivity index (χ2n) is 4.47. The summed E-state index contributed by atoms with van der Waals surface area (Å²) in [5.41, 5.74) is 5.72. The van der Waals surface area contributed by atoms with Crippen LogP contribution in [0.2, 0.25) is 10.0 Å². The highest BCUT2D eigenvalue weighted by Crippen LogP contribution is 2.29. The molecule has 4 nitrogen and oxygen atoms in total. The quantitative estimate of drug-likeness (QED) is 0.674. The molecule has 1 heterocycles. The Kier molecular flexibility index (Phi) is 4.47. The van der Waals surface area contributed by atoms with Crippen molar-refractivity contribution in [2.75, 3.05) is 0 Å². The lowest BCUT2D eigenvalue weighted by Crippen LogP contribution is -2.31. The molecule has 0 radical (unpaired) electrons. The van der Waals surface area contributed by atoms with Crippen LogP contribution in [0.4, 0.5) is 0 Å². The molecule has 0 saturated carbocycles. The summed E-state index contributed by atoms with van der Waals surface area (Å²) >= 11 is 12.2. The average molecular weight is 299 g/mol. The smallest absolute Gasteiger partial charge is 0.0669 e. The molecule has 0 spiro atoms. The van der Waals surface area contributed by atoms with E-state index in [0.29, 0.717) is 16.5 Å². The Bertz CT molecular complexity index is 580. The Balaban J connectivity index is 2.29. The summed E-state index contributed by atoms with van der Waals surface area (Å²) in [6.45, 7) is 1.95. The predicted molar refractivity (Wildman–Crippen MR) is 78.2 cm³/mol. The molecule has 1 aromatic carbocycles. The van der Waals surface area contributed by atoms with Gasteiger partial charge in [0.2, 0.25) is 0 Å². The van der Waals surface area contributed by atoms with E-state index < -0.39 is 0 Å². The van der Waals surface area contributed by atoms with Gasteiger partial charge in [0.05, 0.1) is 27.5 Å². The topological polar surface area (TPSA) is 55.9 Å². The van der Waals surface area contributed by atoms with Gasteiger partial charge in [-0.2, -0.15) is 5.10 Å². The van der Waals surface area contributed by atoms with Crippen LogP contribution >= 0.6 is 23.2 Å². The van der Waals surface area contributed by atoms with E-state index in [4.69, 9.17) is 29.0 Å². The maximum atomic E-state index is 6.20. The third-order valence-corrected chi connectivity index (χ3v) is 3.91. The van der Waals surface area contributed by atoms with Crippen molar-refractivity contribution in [1.82, 2.24) is 15.2 Å².